The Morgan fingerprint density at radius 1 is 1.33 bits per heavy atom. The lowest BCUT2D eigenvalue weighted by Gasteiger charge is -2.25. The quantitative estimate of drug-likeness (QED) is 0.799. The van der Waals surface area contributed by atoms with Crippen molar-refractivity contribution in [1.82, 2.24) is 5.32 Å². The van der Waals surface area contributed by atoms with Crippen molar-refractivity contribution in [2.75, 3.05) is 13.3 Å². The number of carbonyl (C=O) groups excluding carboxylic acids is 2. The molecule has 0 radical (unpaired) electrons. The number of nitrogens with one attached hydrogen (secondary N) is 1. The summed E-state index contributed by atoms with van der Waals surface area (Å²) in [6.45, 7) is 2.42. The van der Waals surface area contributed by atoms with Gasteiger partial charge < -0.3 is 10.1 Å². The van der Waals surface area contributed by atoms with Crippen LogP contribution in [0.4, 0.5) is 13.6 Å². The fourth-order valence-corrected chi connectivity index (χ4v) is 1.65. The number of halogens is 2. The van der Waals surface area contributed by atoms with E-state index in [2.05, 4.69) is 10.1 Å². The van der Waals surface area contributed by atoms with Crippen LogP contribution in [0.2, 0.25) is 0 Å². The summed E-state index contributed by atoms with van der Waals surface area (Å²) in [4.78, 5) is 23.4. The van der Waals surface area contributed by atoms with Gasteiger partial charge in [-0.3, -0.25) is 4.79 Å². The highest BCUT2D eigenvalue weighted by Crippen LogP contribution is 2.38. The second-order valence-electron chi connectivity index (χ2n) is 5.33. The predicted octanol–water partition coefficient (Wildman–Crippen LogP) is 2.17. The Morgan fingerprint density at radius 3 is 2.17 bits per heavy atom. The lowest BCUT2D eigenvalue weighted by Crippen LogP contribution is -2.48. The Kier molecular flexibility index (Phi) is 4.29. The number of hydrogen-bond donors (Lipinski definition) is 1. The van der Waals surface area contributed by atoms with Crippen molar-refractivity contribution in [3.05, 3.63) is 0 Å². The number of amides is 1. The molecule has 104 valence electrons. The first kappa shape index (κ1) is 14.9. The third kappa shape index (κ3) is 3.17. The lowest BCUT2D eigenvalue weighted by molar-refractivity contribution is -0.125. The second kappa shape index (κ2) is 5.20. The molecule has 1 rings (SSSR count). The molecular formula is C12H19F2NO3. The summed E-state index contributed by atoms with van der Waals surface area (Å²) in [7, 11) is 0. The normalized spacial score (nSPS) is 17.4. The molecular weight excluding hydrogens is 244 g/mol. The standard InChI is InChI=1S/C12H19F2NO3/c1-8(2)9(16)12(4-5-12)15-10(17)18-11(3,6-13)7-14/h8H,4-7H2,1-3H3,(H,15,17). The first-order valence-electron chi connectivity index (χ1n) is 5.96. The molecule has 6 heteroatoms. The summed E-state index contributed by atoms with van der Waals surface area (Å²) in [6, 6.07) is 0. The van der Waals surface area contributed by atoms with Crippen LogP contribution in [0, 0.1) is 5.92 Å². The maximum Gasteiger partial charge on any atom is 0.408 e. The average molecular weight is 263 g/mol. The van der Waals surface area contributed by atoms with Crippen molar-refractivity contribution in [1.29, 1.82) is 0 Å². The van der Waals surface area contributed by atoms with Crippen LogP contribution < -0.4 is 5.32 Å². The van der Waals surface area contributed by atoms with Gasteiger partial charge >= 0.3 is 6.09 Å². The third-order valence-corrected chi connectivity index (χ3v) is 2.99. The Labute approximate surface area is 105 Å². The minimum absolute atomic E-state index is 0.0818. The van der Waals surface area contributed by atoms with E-state index in [9.17, 15) is 18.4 Å². The topological polar surface area (TPSA) is 55.4 Å². The summed E-state index contributed by atoms with van der Waals surface area (Å²) >= 11 is 0. The van der Waals surface area contributed by atoms with Gasteiger partial charge in [-0.05, 0) is 19.8 Å². The molecule has 1 aliphatic carbocycles. The van der Waals surface area contributed by atoms with E-state index in [0.717, 1.165) is 6.92 Å². The maximum atomic E-state index is 12.5. The van der Waals surface area contributed by atoms with Crippen LogP contribution in [0.3, 0.4) is 0 Å². The molecule has 0 heterocycles. The molecule has 0 aliphatic heterocycles. The lowest BCUT2D eigenvalue weighted by atomic mass is 10.00. The van der Waals surface area contributed by atoms with Gasteiger partial charge in [-0.1, -0.05) is 13.8 Å². The smallest absolute Gasteiger partial charge is 0.408 e. The zero-order valence-electron chi connectivity index (χ0n) is 10.9. The number of alkyl halides is 2. The molecule has 4 nitrogen and oxygen atoms in total. The Hall–Kier alpha value is -1.20. The van der Waals surface area contributed by atoms with Crippen LogP contribution >= 0.6 is 0 Å². The maximum absolute atomic E-state index is 12.5. The van der Waals surface area contributed by atoms with Crippen molar-refractivity contribution in [2.24, 2.45) is 5.92 Å². The van der Waals surface area contributed by atoms with Crippen molar-refractivity contribution >= 4 is 11.9 Å². The Morgan fingerprint density at radius 2 is 1.83 bits per heavy atom. The summed E-state index contributed by atoms with van der Waals surface area (Å²) in [5.41, 5.74) is -2.67. The van der Waals surface area contributed by atoms with Gasteiger partial charge in [-0.15, -0.1) is 0 Å². The molecule has 0 saturated heterocycles. The Balaban J connectivity index is 2.58. The fraction of sp³-hybridized carbons (Fsp3) is 0.833. The number of carbonyl (C=O) groups is 2. The highest BCUT2D eigenvalue weighted by Gasteiger charge is 2.52. The number of hydrogen-bond acceptors (Lipinski definition) is 3. The van der Waals surface area contributed by atoms with Gasteiger partial charge in [-0.2, -0.15) is 0 Å². The summed E-state index contributed by atoms with van der Waals surface area (Å²) in [5, 5.41) is 2.43. The van der Waals surface area contributed by atoms with Crippen molar-refractivity contribution < 1.29 is 23.1 Å². The third-order valence-electron chi connectivity index (χ3n) is 2.99. The van der Waals surface area contributed by atoms with Crippen LogP contribution in [-0.4, -0.2) is 36.4 Å². The zero-order chi connectivity index (χ0) is 14.0. The summed E-state index contributed by atoms with van der Waals surface area (Å²) < 4.78 is 29.7. The van der Waals surface area contributed by atoms with Crippen LogP contribution in [-0.2, 0) is 9.53 Å². The van der Waals surface area contributed by atoms with Gasteiger partial charge in [-0.25, -0.2) is 13.6 Å². The molecule has 0 unspecified atom stereocenters. The van der Waals surface area contributed by atoms with E-state index in [1.54, 1.807) is 13.8 Å². The van der Waals surface area contributed by atoms with Gasteiger partial charge in [0.25, 0.3) is 0 Å². The van der Waals surface area contributed by atoms with E-state index in [0.29, 0.717) is 12.8 Å². The van der Waals surface area contributed by atoms with Crippen molar-refractivity contribution in [3.63, 3.8) is 0 Å². The number of rotatable bonds is 6. The van der Waals surface area contributed by atoms with Gasteiger partial charge in [0.05, 0.1) is 0 Å². The first-order valence-corrected chi connectivity index (χ1v) is 5.96. The molecule has 0 aromatic carbocycles. The number of alkyl carbamates (subject to hydrolysis) is 1. The van der Waals surface area contributed by atoms with Crippen molar-refractivity contribution in [2.45, 2.75) is 44.8 Å². The van der Waals surface area contributed by atoms with Gasteiger partial charge in [0.1, 0.15) is 18.9 Å². The fourth-order valence-electron chi connectivity index (χ4n) is 1.65. The van der Waals surface area contributed by atoms with E-state index >= 15 is 0 Å². The van der Waals surface area contributed by atoms with Gasteiger partial charge in [0.2, 0.25) is 0 Å². The molecule has 0 spiro atoms. The van der Waals surface area contributed by atoms with Crippen LogP contribution in [0.15, 0.2) is 0 Å². The van der Waals surface area contributed by atoms with Crippen LogP contribution in [0.25, 0.3) is 0 Å². The van der Waals surface area contributed by atoms with E-state index < -0.39 is 30.6 Å². The molecule has 1 N–H and O–H groups in total. The molecule has 0 atom stereocenters. The number of Topliss-reactive ketones (excluding diaryl/α,β-unsaturated/α-hetero) is 1. The molecule has 1 saturated carbocycles. The number of ketones is 1. The minimum Gasteiger partial charge on any atom is -0.438 e. The van der Waals surface area contributed by atoms with E-state index in [-0.39, 0.29) is 11.7 Å². The summed E-state index contributed by atoms with van der Waals surface area (Å²) in [5.74, 6) is -0.289. The van der Waals surface area contributed by atoms with Crippen molar-refractivity contribution in [3.8, 4) is 0 Å². The molecule has 0 aromatic rings. The second-order valence-corrected chi connectivity index (χ2v) is 5.33. The highest BCUT2D eigenvalue weighted by molar-refractivity contribution is 5.95. The van der Waals surface area contributed by atoms with Crippen LogP contribution in [0.5, 0.6) is 0 Å². The first-order chi connectivity index (χ1) is 8.28. The van der Waals surface area contributed by atoms with Gasteiger partial charge in [0.15, 0.2) is 11.4 Å². The van der Waals surface area contributed by atoms with E-state index in [1.165, 1.54) is 0 Å². The van der Waals surface area contributed by atoms with E-state index in [4.69, 9.17) is 0 Å². The molecule has 18 heavy (non-hydrogen) atoms. The average Bonchev–Trinajstić information content (AvgIpc) is 3.08. The summed E-state index contributed by atoms with van der Waals surface area (Å²) in [6.07, 6.45) is 0.140. The number of ether oxygens (including phenoxy) is 1. The minimum atomic E-state index is -1.78. The molecule has 1 fully saturated rings. The van der Waals surface area contributed by atoms with Crippen LogP contribution in [0.1, 0.15) is 33.6 Å². The molecule has 1 amide bonds. The van der Waals surface area contributed by atoms with Gasteiger partial charge in [0, 0.05) is 5.92 Å². The highest BCUT2D eigenvalue weighted by atomic mass is 19.1. The van der Waals surface area contributed by atoms with E-state index in [1.807, 2.05) is 0 Å². The molecule has 0 bridgehead atoms. The molecule has 1 aliphatic rings. The Bertz CT molecular complexity index is 336. The zero-order valence-corrected chi connectivity index (χ0v) is 10.9. The largest absolute Gasteiger partial charge is 0.438 e. The molecule has 0 aromatic heterocycles. The monoisotopic (exact) mass is 263 g/mol. The predicted molar refractivity (Wildman–Crippen MR) is 61.8 cm³/mol. The SMILES string of the molecule is CC(C)C(=O)C1(NC(=O)OC(C)(CF)CF)CC1.